The Morgan fingerprint density at radius 3 is 2.05 bits per heavy atom. The van der Waals surface area contributed by atoms with Gasteiger partial charge in [-0.05, 0) is 69.2 Å². The van der Waals surface area contributed by atoms with Gasteiger partial charge in [-0.1, -0.05) is 26.2 Å². The van der Waals surface area contributed by atoms with Gasteiger partial charge in [-0.25, -0.2) is 0 Å². The van der Waals surface area contributed by atoms with Crippen molar-refractivity contribution in [1.82, 2.24) is 10.2 Å². The molecule has 0 amide bonds. The average Bonchev–Trinajstić information content (AvgIpc) is 3.41. The molecule has 1 unspecified atom stereocenters. The van der Waals surface area contributed by atoms with Crippen LogP contribution in [0.4, 0.5) is 0 Å². The minimum atomic E-state index is 0.766. The van der Waals surface area contributed by atoms with Gasteiger partial charge in [-0.2, -0.15) is 0 Å². The Labute approximate surface area is 132 Å². The summed E-state index contributed by atoms with van der Waals surface area (Å²) < 4.78 is 0. The van der Waals surface area contributed by atoms with Crippen LogP contribution in [-0.4, -0.2) is 37.1 Å². The van der Waals surface area contributed by atoms with E-state index in [4.69, 9.17) is 0 Å². The molecule has 3 saturated carbocycles. The summed E-state index contributed by atoms with van der Waals surface area (Å²) in [7, 11) is 0. The molecule has 2 heteroatoms. The van der Waals surface area contributed by atoms with Crippen molar-refractivity contribution in [2.75, 3.05) is 26.2 Å². The van der Waals surface area contributed by atoms with Gasteiger partial charge in [-0.15, -0.1) is 0 Å². The molecule has 0 bridgehead atoms. The highest BCUT2D eigenvalue weighted by Gasteiger charge is 2.32. The van der Waals surface area contributed by atoms with Gasteiger partial charge in [0.15, 0.2) is 0 Å². The van der Waals surface area contributed by atoms with E-state index in [-0.39, 0.29) is 0 Å². The van der Waals surface area contributed by atoms with Crippen molar-refractivity contribution in [3.8, 4) is 0 Å². The zero-order chi connectivity index (χ0) is 14.5. The molecule has 1 atom stereocenters. The maximum Gasteiger partial charge on any atom is 0.0223 e. The van der Waals surface area contributed by atoms with E-state index < -0.39 is 0 Å². The summed E-state index contributed by atoms with van der Waals surface area (Å²) in [6.45, 7) is 7.64. The van der Waals surface area contributed by atoms with Crippen molar-refractivity contribution < 1.29 is 0 Å². The third-order valence-corrected chi connectivity index (χ3v) is 5.76. The van der Waals surface area contributed by atoms with Crippen molar-refractivity contribution in [3.05, 3.63) is 0 Å². The van der Waals surface area contributed by atoms with E-state index in [9.17, 15) is 0 Å². The Morgan fingerprint density at radius 2 is 1.52 bits per heavy atom. The first-order valence-electron chi connectivity index (χ1n) is 9.81. The van der Waals surface area contributed by atoms with Crippen LogP contribution < -0.4 is 5.32 Å². The molecule has 0 spiro atoms. The van der Waals surface area contributed by atoms with Crippen LogP contribution >= 0.6 is 0 Å². The molecule has 3 aliphatic carbocycles. The molecule has 2 nitrogen and oxygen atoms in total. The maximum absolute atomic E-state index is 3.92. The molecule has 0 aromatic heterocycles. The fraction of sp³-hybridized carbons (Fsp3) is 1.00. The van der Waals surface area contributed by atoms with Gasteiger partial charge in [-0.3, -0.25) is 0 Å². The van der Waals surface area contributed by atoms with E-state index in [1.807, 2.05) is 0 Å². The molecule has 0 aromatic rings. The van der Waals surface area contributed by atoms with E-state index >= 15 is 0 Å². The third-order valence-electron chi connectivity index (χ3n) is 5.76. The van der Waals surface area contributed by atoms with E-state index in [1.165, 1.54) is 90.4 Å². The number of hydrogen-bond acceptors (Lipinski definition) is 2. The molecule has 0 heterocycles. The van der Waals surface area contributed by atoms with E-state index in [1.54, 1.807) is 0 Å². The lowest BCUT2D eigenvalue weighted by Crippen LogP contribution is -2.47. The van der Waals surface area contributed by atoms with E-state index in [2.05, 4.69) is 17.1 Å². The van der Waals surface area contributed by atoms with Crippen LogP contribution in [0.15, 0.2) is 0 Å². The molecule has 0 saturated heterocycles. The summed E-state index contributed by atoms with van der Waals surface area (Å²) >= 11 is 0. The summed E-state index contributed by atoms with van der Waals surface area (Å²) in [5, 5.41) is 3.92. The third kappa shape index (κ3) is 5.56. The van der Waals surface area contributed by atoms with Gasteiger partial charge >= 0.3 is 0 Å². The summed E-state index contributed by atoms with van der Waals surface area (Å²) in [5.41, 5.74) is 0. The molecule has 21 heavy (non-hydrogen) atoms. The molecule has 3 fully saturated rings. The first-order chi connectivity index (χ1) is 10.3. The van der Waals surface area contributed by atoms with Crippen molar-refractivity contribution in [3.63, 3.8) is 0 Å². The van der Waals surface area contributed by atoms with Crippen LogP contribution in [0.1, 0.15) is 71.1 Å². The quantitative estimate of drug-likeness (QED) is 0.653. The summed E-state index contributed by atoms with van der Waals surface area (Å²) in [6, 6.07) is 0.766. The highest BCUT2D eigenvalue weighted by molar-refractivity contribution is 4.87. The highest BCUT2D eigenvalue weighted by atomic mass is 15.2. The molecule has 0 radical (unpaired) electrons. The summed E-state index contributed by atoms with van der Waals surface area (Å²) in [5.74, 6) is 3.04. The number of hydrogen-bond donors (Lipinski definition) is 1. The minimum absolute atomic E-state index is 0.766. The topological polar surface area (TPSA) is 15.3 Å². The second-order valence-corrected chi connectivity index (χ2v) is 8.06. The lowest BCUT2D eigenvalue weighted by molar-refractivity contribution is 0.173. The maximum atomic E-state index is 3.92. The lowest BCUT2D eigenvalue weighted by atomic mass is 9.83. The predicted molar refractivity (Wildman–Crippen MR) is 90.5 cm³/mol. The molecule has 0 aromatic carbocycles. The first kappa shape index (κ1) is 15.8. The largest absolute Gasteiger partial charge is 0.312 e. The van der Waals surface area contributed by atoms with E-state index in [0.29, 0.717) is 0 Å². The van der Waals surface area contributed by atoms with Gasteiger partial charge in [0, 0.05) is 25.7 Å². The summed E-state index contributed by atoms with van der Waals surface area (Å²) in [6.07, 6.45) is 14.6. The predicted octanol–water partition coefficient (Wildman–Crippen LogP) is 4.06. The fourth-order valence-corrected chi connectivity index (χ4v) is 4.08. The van der Waals surface area contributed by atoms with Crippen LogP contribution in [0.2, 0.25) is 0 Å². The van der Waals surface area contributed by atoms with E-state index in [0.717, 1.165) is 23.8 Å². The Balaban J connectivity index is 1.53. The molecule has 3 rings (SSSR count). The zero-order valence-electron chi connectivity index (χ0n) is 14.2. The smallest absolute Gasteiger partial charge is 0.0223 e. The Kier molecular flexibility index (Phi) is 5.99. The number of rotatable bonds is 10. The van der Waals surface area contributed by atoms with Crippen molar-refractivity contribution >= 4 is 0 Å². The number of nitrogens with one attached hydrogen (secondary N) is 1. The first-order valence-corrected chi connectivity index (χ1v) is 9.81. The molecular weight excluding hydrogens is 256 g/mol. The SMILES string of the molecule is CCCNC(CN(CC1CC1)CC1CC1)C1CCCCC1. The van der Waals surface area contributed by atoms with Crippen LogP contribution in [0.25, 0.3) is 0 Å². The average molecular weight is 293 g/mol. The Bertz CT molecular complexity index is 276. The van der Waals surface area contributed by atoms with Crippen molar-refractivity contribution in [1.29, 1.82) is 0 Å². The van der Waals surface area contributed by atoms with Gasteiger partial charge in [0.05, 0.1) is 0 Å². The standard InChI is InChI=1S/C19H36N2/c1-2-12-20-19(18-6-4-3-5-7-18)15-21(13-16-8-9-16)14-17-10-11-17/h16-20H,2-15H2,1H3. The normalized spacial score (nSPS) is 25.4. The Morgan fingerprint density at radius 1 is 0.905 bits per heavy atom. The van der Waals surface area contributed by atoms with Crippen LogP contribution in [0, 0.1) is 17.8 Å². The van der Waals surface area contributed by atoms with Gasteiger partial charge < -0.3 is 10.2 Å². The Hall–Kier alpha value is -0.0800. The van der Waals surface area contributed by atoms with Crippen LogP contribution in [0.3, 0.4) is 0 Å². The van der Waals surface area contributed by atoms with Crippen molar-refractivity contribution in [2.24, 2.45) is 17.8 Å². The van der Waals surface area contributed by atoms with Gasteiger partial charge in [0.1, 0.15) is 0 Å². The van der Waals surface area contributed by atoms with Crippen molar-refractivity contribution in [2.45, 2.75) is 77.2 Å². The monoisotopic (exact) mass is 292 g/mol. The molecule has 122 valence electrons. The summed E-state index contributed by atoms with van der Waals surface area (Å²) in [4.78, 5) is 2.84. The molecular formula is C19H36N2. The second-order valence-electron chi connectivity index (χ2n) is 8.06. The lowest BCUT2D eigenvalue weighted by Gasteiger charge is -2.35. The molecule has 3 aliphatic rings. The molecule has 0 aliphatic heterocycles. The fourth-order valence-electron chi connectivity index (χ4n) is 4.08. The second kappa shape index (κ2) is 7.97. The highest BCUT2D eigenvalue weighted by Crippen LogP contribution is 2.34. The molecule has 1 N–H and O–H groups in total. The van der Waals surface area contributed by atoms with Crippen LogP contribution in [-0.2, 0) is 0 Å². The minimum Gasteiger partial charge on any atom is -0.312 e. The zero-order valence-corrected chi connectivity index (χ0v) is 14.2. The van der Waals surface area contributed by atoms with Crippen LogP contribution in [0.5, 0.6) is 0 Å². The van der Waals surface area contributed by atoms with Gasteiger partial charge in [0.2, 0.25) is 0 Å². The van der Waals surface area contributed by atoms with Gasteiger partial charge in [0.25, 0.3) is 0 Å². The number of nitrogens with zero attached hydrogens (tertiary/aromatic N) is 1.